The summed E-state index contributed by atoms with van der Waals surface area (Å²) in [6.45, 7) is 6.03. The number of hydrogen-bond donors (Lipinski definition) is 2. The molecule has 0 spiro atoms. The van der Waals surface area contributed by atoms with Crippen molar-refractivity contribution >= 4 is 5.97 Å². The largest absolute Gasteiger partial charge is 0.481 e. The number of rotatable bonds is 3. The fourth-order valence-electron chi connectivity index (χ4n) is 2.48. The van der Waals surface area contributed by atoms with Crippen LogP contribution in [-0.4, -0.2) is 22.3 Å². The lowest BCUT2D eigenvalue weighted by Crippen LogP contribution is -2.39. The zero-order chi connectivity index (χ0) is 11.7. The van der Waals surface area contributed by atoms with Crippen molar-refractivity contribution in [1.29, 1.82) is 0 Å². The summed E-state index contributed by atoms with van der Waals surface area (Å²) in [4.78, 5) is 11.3. The lowest BCUT2D eigenvalue weighted by atomic mass is 9.63. The molecule has 0 bridgehead atoms. The van der Waals surface area contributed by atoms with Crippen LogP contribution in [-0.2, 0) is 4.79 Å². The second-order valence-corrected chi connectivity index (χ2v) is 5.80. The number of carboxylic acid groups (broad SMARTS) is 1. The van der Waals surface area contributed by atoms with Crippen LogP contribution >= 0.6 is 0 Å². The molecule has 15 heavy (non-hydrogen) atoms. The standard InChI is InChI=1S/C12H22O3/c1-9(13)8-12(10(14)15)6-4-11(2,3)5-7-12/h9,13H,4-8H2,1-3H3,(H,14,15). The average molecular weight is 214 g/mol. The third kappa shape index (κ3) is 2.94. The number of aliphatic carboxylic acids is 1. The van der Waals surface area contributed by atoms with Crippen LogP contribution in [0.3, 0.4) is 0 Å². The smallest absolute Gasteiger partial charge is 0.309 e. The molecule has 3 heteroatoms. The molecular formula is C12H22O3. The molecule has 1 unspecified atom stereocenters. The predicted octanol–water partition coefficient (Wildman–Crippen LogP) is 2.43. The predicted molar refractivity (Wildman–Crippen MR) is 58.6 cm³/mol. The Bertz CT molecular complexity index is 233. The number of aliphatic hydroxyl groups excluding tert-OH is 1. The van der Waals surface area contributed by atoms with Gasteiger partial charge in [-0.1, -0.05) is 13.8 Å². The summed E-state index contributed by atoms with van der Waals surface area (Å²) in [5.74, 6) is -0.737. The normalized spacial score (nSPS) is 25.9. The third-order valence-corrected chi connectivity index (χ3v) is 3.70. The molecule has 88 valence electrons. The first-order valence-corrected chi connectivity index (χ1v) is 5.69. The Morgan fingerprint density at radius 1 is 1.27 bits per heavy atom. The second-order valence-electron chi connectivity index (χ2n) is 5.80. The van der Waals surface area contributed by atoms with E-state index >= 15 is 0 Å². The summed E-state index contributed by atoms with van der Waals surface area (Å²) in [7, 11) is 0. The van der Waals surface area contributed by atoms with Gasteiger partial charge in [0.1, 0.15) is 0 Å². The minimum absolute atomic E-state index is 0.262. The Labute approximate surface area is 91.5 Å². The van der Waals surface area contributed by atoms with E-state index in [1.54, 1.807) is 6.92 Å². The van der Waals surface area contributed by atoms with Crippen molar-refractivity contribution in [3.63, 3.8) is 0 Å². The molecule has 0 aromatic carbocycles. The van der Waals surface area contributed by atoms with Crippen LogP contribution in [0.4, 0.5) is 0 Å². The van der Waals surface area contributed by atoms with Gasteiger partial charge in [0, 0.05) is 0 Å². The maximum Gasteiger partial charge on any atom is 0.309 e. The Kier molecular flexibility index (Phi) is 3.44. The quantitative estimate of drug-likeness (QED) is 0.758. The number of hydrogen-bond acceptors (Lipinski definition) is 2. The van der Waals surface area contributed by atoms with E-state index < -0.39 is 17.5 Å². The molecule has 1 aliphatic carbocycles. The average Bonchev–Trinajstić information content (AvgIpc) is 2.08. The van der Waals surface area contributed by atoms with E-state index in [1.165, 1.54) is 0 Å². The van der Waals surface area contributed by atoms with Gasteiger partial charge in [0.25, 0.3) is 0 Å². The van der Waals surface area contributed by atoms with Gasteiger partial charge in [-0.05, 0) is 44.4 Å². The summed E-state index contributed by atoms with van der Waals surface area (Å²) in [5.41, 5.74) is -0.415. The highest BCUT2D eigenvalue weighted by Gasteiger charge is 2.44. The molecule has 2 N–H and O–H groups in total. The van der Waals surface area contributed by atoms with Crippen LogP contribution in [0.5, 0.6) is 0 Å². The van der Waals surface area contributed by atoms with Crippen LogP contribution in [0.2, 0.25) is 0 Å². The first kappa shape index (κ1) is 12.5. The van der Waals surface area contributed by atoms with E-state index in [2.05, 4.69) is 13.8 Å². The highest BCUT2D eigenvalue weighted by molar-refractivity contribution is 5.74. The van der Waals surface area contributed by atoms with Gasteiger partial charge in [0.2, 0.25) is 0 Å². The van der Waals surface area contributed by atoms with Crippen LogP contribution in [0.15, 0.2) is 0 Å². The molecule has 1 atom stereocenters. The van der Waals surface area contributed by atoms with Crippen LogP contribution in [0.25, 0.3) is 0 Å². The summed E-state index contributed by atoms with van der Waals surface area (Å²) < 4.78 is 0. The van der Waals surface area contributed by atoms with Crippen molar-refractivity contribution in [3.8, 4) is 0 Å². The lowest BCUT2D eigenvalue weighted by molar-refractivity contribution is -0.154. The zero-order valence-corrected chi connectivity index (χ0v) is 9.92. The second kappa shape index (κ2) is 4.12. The third-order valence-electron chi connectivity index (χ3n) is 3.70. The molecule has 0 amide bonds. The van der Waals surface area contributed by atoms with Gasteiger partial charge in [-0.2, -0.15) is 0 Å². The first-order valence-electron chi connectivity index (χ1n) is 5.69. The monoisotopic (exact) mass is 214 g/mol. The molecule has 0 saturated heterocycles. The van der Waals surface area contributed by atoms with Crippen LogP contribution in [0.1, 0.15) is 52.9 Å². The van der Waals surface area contributed by atoms with Crippen LogP contribution in [0, 0.1) is 10.8 Å². The fraction of sp³-hybridized carbons (Fsp3) is 0.917. The van der Waals surface area contributed by atoms with Crippen LogP contribution < -0.4 is 0 Å². The maximum atomic E-state index is 11.3. The van der Waals surface area contributed by atoms with Crippen molar-refractivity contribution in [2.45, 2.75) is 59.0 Å². The Morgan fingerprint density at radius 3 is 2.07 bits per heavy atom. The number of aliphatic hydroxyl groups is 1. The van der Waals surface area contributed by atoms with Gasteiger partial charge in [0.05, 0.1) is 11.5 Å². The van der Waals surface area contributed by atoms with Gasteiger partial charge < -0.3 is 10.2 Å². The molecule has 1 saturated carbocycles. The molecular weight excluding hydrogens is 192 g/mol. The Hall–Kier alpha value is -0.570. The molecule has 0 radical (unpaired) electrons. The topological polar surface area (TPSA) is 57.5 Å². The van der Waals surface area contributed by atoms with E-state index in [-0.39, 0.29) is 5.41 Å². The van der Waals surface area contributed by atoms with Gasteiger partial charge in [-0.25, -0.2) is 0 Å². The highest BCUT2D eigenvalue weighted by Crippen LogP contribution is 2.47. The van der Waals surface area contributed by atoms with E-state index in [4.69, 9.17) is 0 Å². The van der Waals surface area contributed by atoms with Crippen molar-refractivity contribution in [2.75, 3.05) is 0 Å². The fourth-order valence-corrected chi connectivity index (χ4v) is 2.48. The van der Waals surface area contributed by atoms with Gasteiger partial charge >= 0.3 is 5.97 Å². The maximum absolute atomic E-state index is 11.3. The number of carboxylic acids is 1. The van der Waals surface area contributed by atoms with E-state index in [0.29, 0.717) is 19.3 Å². The Morgan fingerprint density at radius 2 is 1.73 bits per heavy atom. The van der Waals surface area contributed by atoms with Crippen molar-refractivity contribution < 1.29 is 15.0 Å². The number of carbonyl (C=O) groups is 1. The molecule has 1 rings (SSSR count). The van der Waals surface area contributed by atoms with Crippen molar-refractivity contribution in [3.05, 3.63) is 0 Å². The minimum Gasteiger partial charge on any atom is -0.481 e. The van der Waals surface area contributed by atoms with Gasteiger partial charge in [-0.3, -0.25) is 4.79 Å². The molecule has 3 nitrogen and oxygen atoms in total. The van der Waals surface area contributed by atoms with Gasteiger partial charge in [-0.15, -0.1) is 0 Å². The molecule has 0 aliphatic heterocycles. The molecule has 0 heterocycles. The van der Waals surface area contributed by atoms with Crippen molar-refractivity contribution in [1.82, 2.24) is 0 Å². The van der Waals surface area contributed by atoms with E-state index in [1.807, 2.05) is 0 Å². The van der Waals surface area contributed by atoms with E-state index in [0.717, 1.165) is 12.8 Å². The Balaban J connectivity index is 2.73. The van der Waals surface area contributed by atoms with Crippen molar-refractivity contribution in [2.24, 2.45) is 10.8 Å². The summed E-state index contributed by atoms with van der Waals surface area (Å²) in [6, 6.07) is 0. The molecule has 0 aromatic heterocycles. The molecule has 0 aromatic rings. The summed E-state index contributed by atoms with van der Waals surface area (Å²) in [5, 5.41) is 18.7. The summed E-state index contributed by atoms with van der Waals surface area (Å²) >= 11 is 0. The van der Waals surface area contributed by atoms with Gasteiger partial charge in [0.15, 0.2) is 0 Å². The molecule has 1 aliphatic rings. The zero-order valence-electron chi connectivity index (χ0n) is 9.92. The van der Waals surface area contributed by atoms with E-state index in [9.17, 15) is 15.0 Å². The first-order chi connectivity index (χ1) is 6.77. The SMILES string of the molecule is CC(O)CC1(C(=O)O)CCC(C)(C)CC1. The molecule has 1 fully saturated rings. The minimum atomic E-state index is -0.737. The highest BCUT2D eigenvalue weighted by atomic mass is 16.4. The summed E-state index contributed by atoms with van der Waals surface area (Å²) in [6.07, 6.45) is 3.12. The lowest BCUT2D eigenvalue weighted by Gasteiger charge is -2.41.